The van der Waals surface area contributed by atoms with Gasteiger partial charge in [-0.25, -0.2) is 0 Å². The number of amides is 1. The molecule has 0 spiro atoms. The van der Waals surface area contributed by atoms with Crippen molar-refractivity contribution in [3.8, 4) is 10.4 Å². The quantitative estimate of drug-likeness (QED) is 0.297. The van der Waals surface area contributed by atoms with E-state index in [2.05, 4.69) is 5.32 Å². The van der Waals surface area contributed by atoms with Crippen molar-refractivity contribution in [2.45, 2.75) is 32.3 Å². The number of nitrogens with one attached hydrogen (secondary N) is 1. The van der Waals surface area contributed by atoms with E-state index in [4.69, 9.17) is 10.3 Å². The van der Waals surface area contributed by atoms with E-state index in [0.717, 1.165) is 28.8 Å². The third kappa shape index (κ3) is 5.09. The number of rotatable bonds is 8. The fraction of sp³-hybridized carbons (Fsp3) is 0.292. The molecule has 0 radical (unpaired) electrons. The molecule has 162 valence electrons. The van der Waals surface area contributed by atoms with E-state index in [1.54, 1.807) is 23.5 Å². The lowest BCUT2D eigenvalue weighted by Gasteiger charge is -2.33. The van der Waals surface area contributed by atoms with Crippen LogP contribution in [0.4, 0.5) is 11.4 Å². The number of hydrogen-bond donors (Lipinski definition) is 2. The maximum Gasteiger partial charge on any atom is 0.255 e. The minimum atomic E-state index is -2.03. The average molecular weight is 455 g/mol. The maximum atomic E-state index is 12.8. The Morgan fingerprint density at radius 1 is 1.23 bits per heavy atom. The van der Waals surface area contributed by atoms with E-state index in [1.807, 2.05) is 54.8 Å². The molecular formula is C24H27N2O3PS. The van der Waals surface area contributed by atoms with Crippen molar-refractivity contribution in [1.82, 2.24) is 0 Å². The fourth-order valence-corrected chi connectivity index (χ4v) is 5.19. The van der Waals surface area contributed by atoms with Gasteiger partial charge in [-0.2, -0.15) is 0 Å². The molecule has 0 aliphatic heterocycles. The van der Waals surface area contributed by atoms with E-state index < -0.39 is 8.03 Å². The van der Waals surface area contributed by atoms with Crippen molar-refractivity contribution in [2.24, 2.45) is 5.92 Å². The Morgan fingerprint density at radius 2 is 2.00 bits per heavy atom. The molecule has 3 N–H and O–H groups in total. The highest BCUT2D eigenvalue weighted by atomic mass is 32.1. The molecule has 1 heterocycles. The zero-order valence-corrected chi connectivity index (χ0v) is 19.3. The summed E-state index contributed by atoms with van der Waals surface area (Å²) >= 11 is 1.64. The molecule has 5 nitrogen and oxygen atoms in total. The normalized spacial score (nSPS) is 15.8. The molecule has 1 amide bonds. The fourth-order valence-electron chi connectivity index (χ4n) is 3.68. The lowest BCUT2D eigenvalue weighted by atomic mass is 9.79. The Bertz CT molecular complexity index is 1060. The zero-order valence-electron chi connectivity index (χ0n) is 17.5. The van der Waals surface area contributed by atoms with Crippen molar-refractivity contribution in [2.75, 3.05) is 17.2 Å². The first kappa shape index (κ1) is 21.8. The molecule has 1 fully saturated rings. The van der Waals surface area contributed by atoms with Crippen LogP contribution < -0.4 is 11.1 Å². The molecule has 3 aromatic rings. The molecule has 2 atom stereocenters. The summed E-state index contributed by atoms with van der Waals surface area (Å²) in [5, 5.41) is 4.95. The van der Waals surface area contributed by atoms with Gasteiger partial charge in [0.1, 0.15) is 0 Å². The number of hydrogen-bond acceptors (Lipinski definition) is 5. The SMILES string of the molecule is CC[PH](=O)OC(c1ccc(C(=O)Nc2cc(-c3cccs3)ccc2N)cc1)C1CCC1. The number of anilines is 2. The zero-order chi connectivity index (χ0) is 21.8. The minimum Gasteiger partial charge on any atom is -0.397 e. The van der Waals surface area contributed by atoms with Gasteiger partial charge in [0.05, 0.1) is 17.5 Å². The number of thiophene rings is 1. The van der Waals surface area contributed by atoms with E-state index >= 15 is 0 Å². The molecule has 0 bridgehead atoms. The maximum absolute atomic E-state index is 12.8. The number of carbonyl (C=O) groups excluding carboxylic acids is 1. The Labute approximate surface area is 187 Å². The van der Waals surface area contributed by atoms with Gasteiger partial charge in [-0.3, -0.25) is 9.36 Å². The summed E-state index contributed by atoms with van der Waals surface area (Å²) in [6, 6.07) is 17.1. The summed E-state index contributed by atoms with van der Waals surface area (Å²) in [7, 11) is -2.03. The van der Waals surface area contributed by atoms with Gasteiger partial charge in [0.2, 0.25) is 0 Å². The van der Waals surface area contributed by atoms with Crippen LogP contribution in [-0.4, -0.2) is 12.1 Å². The van der Waals surface area contributed by atoms with Gasteiger partial charge >= 0.3 is 0 Å². The molecule has 1 aliphatic rings. The summed E-state index contributed by atoms with van der Waals surface area (Å²) in [6.45, 7) is 1.88. The molecule has 7 heteroatoms. The summed E-state index contributed by atoms with van der Waals surface area (Å²) in [6.07, 6.45) is 3.75. The van der Waals surface area contributed by atoms with Crippen molar-refractivity contribution in [1.29, 1.82) is 0 Å². The van der Waals surface area contributed by atoms with Crippen LogP contribution in [0.15, 0.2) is 60.0 Å². The van der Waals surface area contributed by atoms with Gasteiger partial charge in [0.15, 0.2) is 8.03 Å². The summed E-state index contributed by atoms with van der Waals surface area (Å²) in [5.41, 5.74) is 9.75. The molecule has 1 aromatic heterocycles. The van der Waals surface area contributed by atoms with E-state index in [9.17, 15) is 9.36 Å². The standard InChI is InChI=1S/C24H27N2O3PS/c1-2-30(28)29-23(16-5-3-6-16)17-8-10-18(11-9-17)24(27)26-21-15-19(12-13-20(21)25)22-7-4-14-31-22/h4,7-16,23,30H,2-3,5-6,25H2,1H3,(H,26,27). The van der Waals surface area contributed by atoms with Crippen LogP contribution in [0.1, 0.15) is 48.2 Å². The predicted molar refractivity (Wildman–Crippen MR) is 129 cm³/mol. The van der Waals surface area contributed by atoms with Crippen LogP contribution in [0.25, 0.3) is 10.4 Å². The second kappa shape index (κ2) is 9.82. The van der Waals surface area contributed by atoms with Gasteiger partial charge in [-0.15, -0.1) is 11.3 Å². The highest BCUT2D eigenvalue weighted by Gasteiger charge is 2.30. The molecule has 1 saturated carbocycles. The lowest BCUT2D eigenvalue weighted by molar-refractivity contribution is 0.0917. The minimum absolute atomic E-state index is 0.157. The molecule has 2 unspecified atom stereocenters. The number of nitrogens with two attached hydrogens (primary N) is 1. The molecule has 0 saturated heterocycles. The van der Waals surface area contributed by atoms with Gasteiger partial charge in [0.25, 0.3) is 5.91 Å². The Hall–Kier alpha value is -2.40. The monoisotopic (exact) mass is 454 g/mol. The number of nitrogen functional groups attached to an aromatic ring is 1. The van der Waals surface area contributed by atoms with Gasteiger partial charge in [-0.05, 0) is 65.6 Å². The molecular weight excluding hydrogens is 427 g/mol. The first-order valence-electron chi connectivity index (χ1n) is 10.6. The van der Waals surface area contributed by atoms with Gasteiger partial charge < -0.3 is 15.6 Å². The number of carbonyl (C=O) groups is 1. The lowest BCUT2D eigenvalue weighted by Crippen LogP contribution is -2.21. The van der Waals surface area contributed by atoms with Crippen LogP contribution in [0.3, 0.4) is 0 Å². The van der Waals surface area contributed by atoms with Crippen LogP contribution in [-0.2, 0) is 9.09 Å². The Kier molecular flexibility index (Phi) is 6.91. The molecule has 31 heavy (non-hydrogen) atoms. The smallest absolute Gasteiger partial charge is 0.255 e. The van der Waals surface area contributed by atoms with Gasteiger partial charge in [-0.1, -0.05) is 37.6 Å². The first-order chi connectivity index (χ1) is 15.0. The summed E-state index contributed by atoms with van der Waals surface area (Å²) in [5.74, 6) is 0.185. The van der Waals surface area contributed by atoms with Gasteiger partial charge in [0, 0.05) is 16.6 Å². The summed E-state index contributed by atoms with van der Waals surface area (Å²) < 4.78 is 17.9. The van der Waals surface area contributed by atoms with Crippen molar-refractivity contribution >= 4 is 36.6 Å². The third-order valence-corrected chi connectivity index (χ3v) is 7.75. The topological polar surface area (TPSA) is 81.4 Å². The van der Waals surface area contributed by atoms with Crippen LogP contribution in [0, 0.1) is 5.92 Å². The largest absolute Gasteiger partial charge is 0.397 e. The van der Waals surface area contributed by atoms with Crippen molar-refractivity contribution in [3.05, 3.63) is 71.1 Å². The van der Waals surface area contributed by atoms with E-state index in [1.165, 1.54) is 6.42 Å². The molecule has 1 aliphatic carbocycles. The first-order valence-corrected chi connectivity index (χ1v) is 13.0. The van der Waals surface area contributed by atoms with Crippen molar-refractivity contribution in [3.63, 3.8) is 0 Å². The van der Waals surface area contributed by atoms with Crippen LogP contribution >= 0.6 is 19.4 Å². The molecule has 4 rings (SSSR count). The molecule has 2 aromatic carbocycles. The Morgan fingerprint density at radius 3 is 2.61 bits per heavy atom. The van der Waals surface area contributed by atoms with E-state index in [-0.39, 0.29) is 12.0 Å². The predicted octanol–water partition coefficient (Wildman–Crippen LogP) is 6.60. The second-order valence-electron chi connectivity index (χ2n) is 7.81. The number of benzene rings is 2. The van der Waals surface area contributed by atoms with Crippen LogP contribution in [0.2, 0.25) is 0 Å². The highest BCUT2D eigenvalue weighted by molar-refractivity contribution is 7.39. The third-order valence-electron chi connectivity index (χ3n) is 5.73. The second-order valence-corrected chi connectivity index (χ2v) is 10.4. The highest BCUT2D eigenvalue weighted by Crippen LogP contribution is 2.45. The van der Waals surface area contributed by atoms with E-state index in [0.29, 0.717) is 29.0 Å². The summed E-state index contributed by atoms with van der Waals surface area (Å²) in [4.78, 5) is 13.9. The average Bonchev–Trinajstić information content (AvgIpc) is 3.28. The van der Waals surface area contributed by atoms with Crippen molar-refractivity contribution < 1.29 is 13.9 Å². The Balaban J connectivity index is 1.49. The van der Waals surface area contributed by atoms with Crippen LogP contribution in [0.5, 0.6) is 0 Å².